The first kappa shape index (κ1) is 16.3. The second kappa shape index (κ2) is 7.79. The van der Waals surface area contributed by atoms with E-state index in [1.54, 1.807) is 11.9 Å². The average Bonchev–Trinajstić information content (AvgIpc) is 2.55. The Bertz CT molecular complexity index is 500. The summed E-state index contributed by atoms with van der Waals surface area (Å²) < 4.78 is 5.28. The monoisotopic (exact) mass is 306 g/mol. The Morgan fingerprint density at radius 1 is 1.32 bits per heavy atom. The van der Waals surface area contributed by atoms with Crippen molar-refractivity contribution in [1.82, 2.24) is 10.2 Å². The number of nitrogens with zero attached hydrogens (tertiary/aromatic N) is 1. The summed E-state index contributed by atoms with van der Waals surface area (Å²) in [6, 6.07) is 8.09. The van der Waals surface area contributed by atoms with Crippen molar-refractivity contribution >= 4 is 12.0 Å². The van der Waals surface area contributed by atoms with Gasteiger partial charge in [-0.3, -0.25) is 0 Å². The predicted octanol–water partition coefficient (Wildman–Crippen LogP) is 1.50. The van der Waals surface area contributed by atoms with E-state index in [1.807, 2.05) is 30.3 Å². The van der Waals surface area contributed by atoms with Crippen LogP contribution in [0.3, 0.4) is 0 Å². The minimum Gasteiger partial charge on any atom is -0.480 e. The van der Waals surface area contributed by atoms with Gasteiger partial charge in [0.1, 0.15) is 6.04 Å². The molecule has 2 rings (SSSR count). The van der Waals surface area contributed by atoms with Crippen LogP contribution in [0.5, 0.6) is 0 Å². The van der Waals surface area contributed by atoms with E-state index in [0.717, 1.165) is 18.4 Å². The summed E-state index contributed by atoms with van der Waals surface area (Å²) >= 11 is 0. The van der Waals surface area contributed by atoms with E-state index in [1.165, 1.54) is 0 Å². The number of aliphatic carboxylic acids is 1. The highest BCUT2D eigenvalue weighted by atomic mass is 16.5. The molecule has 1 aliphatic heterocycles. The molecule has 2 N–H and O–H groups in total. The number of hydrogen-bond donors (Lipinski definition) is 2. The van der Waals surface area contributed by atoms with E-state index in [2.05, 4.69) is 5.32 Å². The Hall–Kier alpha value is -2.08. The van der Waals surface area contributed by atoms with Gasteiger partial charge in [-0.1, -0.05) is 30.3 Å². The lowest BCUT2D eigenvalue weighted by molar-refractivity contribution is -0.139. The van der Waals surface area contributed by atoms with Gasteiger partial charge in [0, 0.05) is 32.7 Å². The van der Waals surface area contributed by atoms with Crippen molar-refractivity contribution in [3.63, 3.8) is 0 Å². The van der Waals surface area contributed by atoms with Crippen LogP contribution >= 0.6 is 0 Å². The van der Waals surface area contributed by atoms with E-state index in [-0.39, 0.29) is 18.5 Å². The first-order valence-electron chi connectivity index (χ1n) is 7.45. The molecule has 0 aliphatic carbocycles. The molecule has 1 fully saturated rings. The van der Waals surface area contributed by atoms with Crippen LogP contribution in [-0.2, 0) is 16.0 Å². The number of amides is 2. The van der Waals surface area contributed by atoms with Gasteiger partial charge in [-0.15, -0.1) is 0 Å². The first-order chi connectivity index (χ1) is 10.6. The predicted molar refractivity (Wildman–Crippen MR) is 81.7 cm³/mol. The van der Waals surface area contributed by atoms with Gasteiger partial charge in [-0.25, -0.2) is 9.59 Å². The molecule has 1 aromatic rings. The van der Waals surface area contributed by atoms with Crippen molar-refractivity contribution in [3.8, 4) is 0 Å². The molecule has 6 nitrogen and oxygen atoms in total. The number of urea groups is 1. The highest BCUT2D eigenvalue weighted by Gasteiger charge is 2.26. The van der Waals surface area contributed by atoms with Crippen molar-refractivity contribution in [2.45, 2.75) is 31.3 Å². The van der Waals surface area contributed by atoms with Crippen molar-refractivity contribution < 1.29 is 19.4 Å². The minimum atomic E-state index is -1.03. The smallest absolute Gasteiger partial charge is 0.326 e. The van der Waals surface area contributed by atoms with Crippen molar-refractivity contribution in [2.24, 2.45) is 0 Å². The molecule has 0 unspecified atom stereocenters. The number of hydrogen-bond acceptors (Lipinski definition) is 3. The summed E-state index contributed by atoms with van der Waals surface area (Å²) in [6.07, 6.45) is 1.82. The maximum absolute atomic E-state index is 12.3. The summed E-state index contributed by atoms with van der Waals surface area (Å²) in [5.74, 6) is -1.03. The zero-order valence-electron chi connectivity index (χ0n) is 12.7. The average molecular weight is 306 g/mol. The normalized spacial score (nSPS) is 16.8. The third-order valence-corrected chi connectivity index (χ3v) is 3.94. The SMILES string of the molecule is CN(C(=O)N[C@@H](Cc1ccccc1)C(=O)O)C1CCOCC1. The molecule has 0 bridgehead atoms. The van der Waals surface area contributed by atoms with Gasteiger partial charge in [-0.2, -0.15) is 0 Å². The van der Waals surface area contributed by atoms with Gasteiger partial charge in [0.2, 0.25) is 0 Å². The number of nitrogens with one attached hydrogen (secondary N) is 1. The standard InChI is InChI=1S/C16H22N2O4/c1-18(13-7-9-22-10-8-13)16(21)17-14(15(19)20)11-12-5-3-2-4-6-12/h2-6,13-14H,7-11H2,1H3,(H,17,21)(H,19,20)/t14-/m0/s1. The summed E-state index contributed by atoms with van der Waals surface area (Å²) in [7, 11) is 1.70. The minimum absolute atomic E-state index is 0.0971. The second-order valence-corrected chi connectivity index (χ2v) is 5.48. The molecular weight excluding hydrogens is 284 g/mol. The molecule has 6 heteroatoms. The molecular formula is C16H22N2O4. The fourth-order valence-corrected chi connectivity index (χ4v) is 2.54. The van der Waals surface area contributed by atoms with Gasteiger partial charge in [0.15, 0.2) is 0 Å². The summed E-state index contributed by atoms with van der Waals surface area (Å²) in [6.45, 7) is 1.27. The van der Waals surface area contributed by atoms with E-state index in [0.29, 0.717) is 13.2 Å². The molecule has 0 spiro atoms. The van der Waals surface area contributed by atoms with Crippen LogP contribution < -0.4 is 5.32 Å². The fourth-order valence-electron chi connectivity index (χ4n) is 2.54. The molecule has 0 aromatic heterocycles. The molecule has 22 heavy (non-hydrogen) atoms. The number of carbonyl (C=O) groups is 2. The molecule has 1 aromatic carbocycles. The lowest BCUT2D eigenvalue weighted by atomic mass is 10.1. The van der Waals surface area contributed by atoms with Crippen LogP contribution in [0.1, 0.15) is 18.4 Å². The molecule has 1 aliphatic rings. The largest absolute Gasteiger partial charge is 0.480 e. The van der Waals surface area contributed by atoms with Crippen molar-refractivity contribution in [1.29, 1.82) is 0 Å². The Labute approximate surface area is 130 Å². The Balaban J connectivity index is 1.95. The fraction of sp³-hybridized carbons (Fsp3) is 0.500. The molecule has 0 radical (unpaired) electrons. The lowest BCUT2D eigenvalue weighted by Crippen LogP contribution is -2.51. The Kier molecular flexibility index (Phi) is 5.77. The zero-order chi connectivity index (χ0) is 15.9. The van der Waals surface area contributed by atoms with E-state index >= 15 is 0 Å². The number of carboxylic acid groups (broad SMARTS) is 1. The van der Waals surface area contributed by atoms with Gasteiger partial charge < -0.3 is 20.1 Å². The number of ether oxygens (including phenoxy) is 1. The highest BCUT2D eigenvalue weighted by Crippen LogP contribution is 2.13. The number of rotatable bonds is 5. The van der Waals surface area contributed by atoms with Gasteiger partial charge >= 0.3 is 12.0 Å². The lowest BCUT2D eigenvalue weighted by Gasteiger charge is -2.32. The third-order valence-electron chi connectivity index (χ3n) is 3.94. The first-order valence-corrected chi connectivity index (χ1v) is 7.45. The molecule has 1 atom stereocenters. The van der Waals surface area contributed by atoms with Gasteiger partial charge in [0.05, 0.1) is 0 Å². The second-order valence-electron chi connectivity index (χ2n) is 5.48. The van der Waals surface area contributed by atoms with E-state index in [4.69, 9.17) is 4.74 Å². The van der Waals surface area contributed by atoms with E-state index in [9.17, 15) is 14.7 Å². The number of carbonyl (C=O) groups excluding carboxylic acids is 1. The summed E-state index contributed by atoms with van der Waals surface area (Å²) in [5.41, 5.74) is 0.879. The third kappa shape index (κ3) is 4.46. The van der Waals surface area contributed by atoms with Gasteiger partial charge in [-0.05, 0) is 18.4 Å². The molecule has 2 amide bonds. The van der Waals surface area contributed by atoms with E-state index < -0.39 is 12.0 Å². The Morgan fingerprint density at radius 3 is 2.55 bits per heavy atom. The van der Waals surface area contributed by atoms with Crippen LogP contribution in [-0.4, -0.2) is 54.4 Å². The summed E-state index contributed by atoms with van der Waals surface area (Å²) in [5, 5.41) is 11.9. The number of benzene rings is 1. The van der Waals surface area contributed by atoms with Crippen LogP contribution in [0.15, 0.2) is 30.3 Å². The van der Waals surface area contributed by atoms with Gasteiger partial charge in [0.25, 0.3) is 0 Å². The summed E-state index contributed by atoms with van der Waals surface area (Å²) in [4.78, 5) is 25.2. The molecule has 0 saturated carbocycles. The zero-order valence-corrected chi connectivity index (χ0v) is 12.7. The van der Waals surface area contributed by atoms with Crippen molar-refractivity contribution in [2.75, 3.05) is 20.3 Å². The molecule has 1 saturated heterocycles. The van der Waals surface area contributed by atoms with Crippen LogP contribution in [0, 0.1) is 0 Å². The maximum Gasteiger partial charge on any atom is 0.326 e. The molecule has 120 valence electrons. The quantitative estimate of drug-likeness (QED) is 0.864. The topological polar surface area (TPSA) is 78.9 Å². The van der Waals surface area contributed by atoms with Crippen molar-refractivity contribution in [3.05, 3.63) is 35.9 Å². The Morgan fingerprint density at radius 2 is 1.95 bits per heavy atom. The van der Waals surface area contributed by atoms with Crippen LogP contribution in [0.25, 0.3) is 0 Å². The van der Waals surface area contributed by atoms with Crippen LogP contribution in [0.2, 0.25) is 0 Å². The maximum atomic E-state index is 12.3. The molecule has 1 heterocycles. The number of carboxylic acids is 1. The highest BCUT2D eigenvalue weighted by molar-refractivity contribution is 5.82. The van der Waals surface area contributed by atoms with Crippen LogP contribution in [0.4, 0.5) is 4.79 Å².